The van der Waals surface area contributed by atoms with Crippen molar-refractivity contribution in [2.24, 2.45) is 0 Å². The van der Waals surface area contributed by atoms with Crippen LogP contribution in [0.2, 0.25) is 0 Å². The summed E-state index contributed by atoms with van der Waals surface area (Å²) in [4.78, 5) is 35.9. The molecule has 7 nitrogen and oxygen atoms in total. The molecule has 1 heterocycles. The van der Waals surface area contributed by atoms with Gasteiger partial charge >= 0.3 is 0 Å². The lowest BCUT2D eigenvalue weighted by atomic mass is 10.1. The third-order valence-corrected chi connectivity index (χ3v) is 5.10. The number of carboxylic acid groups (broad SMARTS) is 1. The second-order valence-corrected chi connectivity index (χ2v) is 7.15. The Kier molecular flexibility index (Phi) is 6.23. The zero-order valence-corrected chi connectivity index (χ0v) is 16.7. The smallest absolute Gasteiger partial charge is 0.293 e. The SMILES string of the molecule is CCOc1cc(/C=C2/SC(=O)N(C)C2=O)ccc1OCc1ccc(C(=O)[O-])cc1. The first-order valence-electron chi connectivity index (χ1n) is 8.80. The van der Waals surface area contributed by atoms with E-state index in [1.54, 1.807) is 36.4 Å². The highest BCUT2D eigenvalue weighted by atomic mass is 32.2. The average molecular weight is 412 g/mol. The van der Waals surface area contributed by atoms with Crippen LogP contribution < -0.4 is 14.6 Å². The van der Waals surface area contributed by atoms with Gasteiger partial charge < -0.3 is 19.4 Å². The Morgan fingerprint density at radius 2 is 1.83 bits per heavy atom. The summed E-state index contributed by atoms with van der Waals surface area (Å²) in [5.41, 5.74) is 1.60. The molecule has 8 heteroatoms. The highest BCUT2D eigenvalue weighted by molar-refractivity contribution is 8.18. The Balaban J connectivity index is 1.76. The summed E-state index contributed by atoms with van der Waals surface area (Å²) in [5.74, 6) is -0.550. The van der Waals surface area contributed by atoms with Gasteiger partial charge in [-0.1, -0.05) is 30.3 Å². The molecule has 0 radical (unpaired) electrons. The van der Waals surface area contributed by atoms with Crippen LogP contribution in [0, 0.1) is 0 Å². The maximum Gasteiger partial charge on any atom is 0.293 e. The third-order valence-electron chi connectivity index (χ3n) is 4.14. The van der Waals surface area contributed by atoms with Crippen LogP contribution in [-0.4, -0.2) is 35.7 Å². The Bertz CT molecular complexity index is 983. The number of imide groups is 1. The molecule has 0 bridgehead atoms. The molecule has 0 aromatic heterocycles. The van der Waals surface area contributed by atoms with E-state index in [2.05, 4.69) is 0 Å². The van der Waals surface area contributed by atoms with E-state index < -0.39 is 5.97 Å². The van der Waals surface area contributed by atoms with Crippen molar-refractivity contribution < 1.29 is 29.0 Å². The van der Waals surface area contributed by atoms with Gasteiger partial charge in [0.15, 0.2) is 11.5 Å². The second kappa shape index (κ2) is 8.83. The average Bonchev–Trinajstić information content (AvgIpc) is 2.94. The Morgan fingerprint density at radius 1 is 1.10 bits per heavy atom. The molecule has 1 saturated heterocycles. The highest BCUT2D eigenvalue weighted by Crippen LogP contribution is 2.34. The third kappa shape index (κ3) is 4.78. The molecule has 1 aliphatic heterocycles. The van der Waals surface area contributed by atoms with Gasteiger partial charge in [-0.15, -0.1) is 0 Å². The van der Waals surface area contributed by atoms with Gasteiger partial charge in [0, 0.05) is 7.05 Å². The number of hydrogen-bond donors (Lipinski definition) is 0. The molecular weight excluding hydrogens is 394 g/mol. The van der Waals surface area contributed by atoms with Gasteiger partial charge in [-0.2, -0.15) is 0 Å². The molecule has 2 amide bonds. The van der Waals surface area contributed by atoms with E-state index in [0.29, 0.717) is 28.6 Å². The van der Waals surface area contributed by atoms with Crippen LogP contribution in [0.3, 0.4) is 0 Å². The normalized spacial score (nSPS) is 15.1. The number of amides is 2. The molecule has 1 aliphatic rings. The molecule has 1 fully saturated rings. The van der Waals surface area contributed by atoms with Gasteiger partial charge in [0.25, 0.3) is 11.1 Å². The van der Waals surface area contributed by atoms with Crippen molar-refractivity contribution in [3.05, 3.63) is 64.1 Å². The molecule has 0 saturated carbocycles. The van der Waals surface area contributed by atoms with Gasteiger partial charge in [-0.3, -0.25) is 14.5 Å². The van der Waals surface area contributed by atoms with E-state index in [1.165, 1.54) is 19.2 Å². The number of carbonyl (C=O) groups excluding carboxylic acids is 3. The fourth-order valence-corrected chi connectivity index (χ4v) is 3.42. The predicted octanol–water partition coefficient (Wildman–Crippen LogP) is 2.69. The molecule has 2 aromatic rings. The number of thioether (sulfide) groups is 1. The number of aromatic carboxylic acids is 1. The molecule has 0 N–H and O–H groups in total. The lowest BCUT2D eigenvalue weighted by Gasteiger charge is -2.13. The summed E-state index contributed by atoms with van der Waals surface area (Å²) >= 11 is 0.891. The van der Waals surface area contributed by atoms with Crippen LogP contribution in [0.15, 0.2) is 47.4 Å². The molecule has 150 valence electrons. The summed E-state index contributed by atoms with van der Waals surface area (Å²) in [6, 6.07) is 11.5. The topological polar surface area (TPSA) is 96.0 Å². The van der Waals surface area contributed by atoms with Gasteiger partial charge in [0.2, 0.25) is 0 Å². The van der Waals surface area contributed by atoms with Gasteiger partial charge in [0.05, 0.1) is 17.5 Å². The summed E-state index contributed by atoms with van der Waals surface area (Å²) < 4.78 is 11.5. The minimum atomic E-state index is -1.23. The van der Waals surface area contributed by atoms with Gasteiger partial charge in [-0.05, 0) is 53.6 Å². The van der Waals surface area contributed by atoms with Crippen molar-refractivity contribution in [2.75, 3.05) is 13.7 Å². The number of nitrogens with zero attached hydrogens (tertiary/aromatic N) is 1. The number of carbonyl (C=O) groups is 3. The van der Waals surface area contributed by atoms with Crippen LogP contribution >= 0.6 is 11.8 Å². The summed E-state index contributed by atoms with van der Waals surface area (Å²) in [5, 5.41) is 10.5. The largest absolute Gasteiger partial charge is 0.545 e. The van der Waals surface area contributed by atoms with Crippen molar-refractivity contribution in [3.63, 3.8) is 0 Å². The Labute approximate surface area is 171 Å². The molecule has 3 rings (SSSR count). The number of rotatable bonds is 7. The molecule has 29 heavy (non-hydrogen) atoms. The monoisotopic (exact) mass is 412 g/mol. The Hall–Kier alpha value is -3.26. The maximum atomic E-state index is 12.0. The highest BCUT2D eigenvalue weighted by Gasteiger charge is 2.31. The number of carboxylic acids is 1. The van der Waals surface area contributed by atoms with Crippen molar-refractivity contribution >= 4 is 35.0 Å². The minimum absolute atomic E-state index is 0.101. The zero-order chi connectivity index (χ0) is 21.0. The fraction of sp³-hybridized carbons (Fsp3) is 0.190. The standard InChI is InChI=1S/C21H19NO6S/c1-3-27-17-10-14(11-18-19(23)22(2)21(26)29-18)6-9-16(17)28-12-13-4-7-15(8-5-13)20(24)25/h4-11H,3,12H2,1-2H3,(H,24,25)/p-1/b18-11+. The first-order valence-corrected chi connectivity index (χ1v) is 9.62. The summed E-state index contributed by atoms with van der Waals surface area (Å²) in [6.07, 6.45) is 1.64. The van der Waals surface area contributed by atoms with Crippen LogP contribution in [-0.2, 0) is 11.4 Å². The molecular formula is C21H18NO6S-. The van der Waals surface area contributed by atoms with Crippen LogP contribution in [0.1, 0.15) is 28.4 Å². The van der Waals surface area contributed by atoms with Gasteiger partial charge in [-0.25, -0.2) is 0 Å². The number of benzene rings is 2. The quantitative estimate of drug-likeness (QED) is 0.645. The zero-order valence-electron chi connectivity index (χ0n) is 15.8. The lowest BCUT2D eigenvalue weighted by molar-refractivity contribution is -0.255. The molecule has 0 atom stereocenters. The lowest BCUT2D eigenvalue weighted by Crippen LogP contribution is -2.22. The van der Waals surface area contributed by atoms with E-state index in [-0.39, 0.29) is 23.3 Å². The first-order chi connectivity index (χ1) is 13.9. The van der Waals surface area contributed by atoms with Crippen molar-refractivity contribution in [1.82, 2.24) is 4.90 Å². The van der Waals surface area contributed by atoms with E-state index in [1.807, 2.05) is 6.92 Å². The number of likely N-dealkylation sites (N-methyl/N-ethyl adjacent to an activating group) is 1. The maximum absolute atomic E-state index is 12.0. The van der Waals surface area contributed by atoms with Crippen LogP contribution in [0.25, 0.3) is 6.08 Å². The number of ether oxygens (including phenoxy) is 2. The molecule has 2 aromatic carbocycles. The van der Waals surface area contributed by atoms with E-state index >= 15 is 0 Å². The van der Waals surface area contributed by atoms with Crippen molar-refractivity contribution in [1.29, 1.82) is 0 Å². The predicted molar refractivity (Wildman–Crippen MR) is 106 cm³/mol. The fourth-order valence-electron chi connectivity index (χ4n) is 2.60. The summed E-state index contributed by atoms with van der Waals surface area (Å²) in [6.45, 7) is 2.49. The second-order valence-electron chi connectivity index (χ2n) is 6.15. The van der Waals surface area contributed by atoms with E-state index in [0.717, 1.165) is 22.2 Å². The molecule has 0 spiro atoms. The number of hydrogen-bond acceptors (Lipinski definition) is 7. The van der Waals surface area contributed by atoms with Crippen LogP contribution in [0.4, 0.5) is 4.79 Å². The van der Waals surface area contributed by atoms with E-state index in [9.17, 15) is 19.5 Å². The van der Waals surface area contributed by atoms with E-state index in [4.69, 9.17) is 9.47 Å². The van der Waals surface area contributed by atoms with Crippen LogP contribution in [0.5, 0.6) is 11.5 Å². The molecule has 0 unspecified atom stereocenters. The Morgan fingerprint density at radius 3 is 2.41 bits per heavy atom. The minimum Gasteiger partial charge on any atom is -0.545 e. The summed E-state index contributed by atoms with van der Waals surface area (Å²) in [7, 11) is 1.45. The van der Waals surface area contributed by atoms with Crippen molar-refractivity contribution in [3.8, 4) is 11.5 Å². The molecule has 0 aliphatic carbocycles. The van der Waals surface area contributed by atoms with Gasteiger partial charge in [0.1, 0.15) is 6.61 Å². The first kappa shape index (κ1) is 20.5. The van der Waals surface area contributed by atoms with Crippen molar-refractivity contribution in [2.45, 2.75) is 13.5 Å².